The van der Waals surface area contributed by atoms with Gasteiger partial charge in [0.2, 0.25) is 5.91 Å². The van der Waals surface area contributed by atoms with Gasteiger partial charge in [-0.2, -0.15) is 0 Å². The van der Waals surface area contributed by atoms with Crippen LogP contribution in [0.5, 0.6) is 0 Å². The summed E-state index contributed by atoms with van der Waals surface area (Å²) in [5, 5.41) is 15.7. The van der Waals surface area contributed by atoms with E-state index >= 15 is 0 Å². The van der Waals surface area contributed by atoms with Crippen molar-refractivity contribution in [2.45, 2.75) is 26.5 Å². The van der Waals surface area contributed by atoms with Gasteiger partial charge in [-0.3, -0.25) is 9.59 Å². The number of aromatic nitrogens is 5. The number of tetrazole rings is 1. The summed E-state index contributed by atoms with van der Waals surface area (Å²) in [4.78, 5) is 28.0. The Balaban J connectivity index is 1.45. The first-order valence-corrected chi connectivity index (χ1v) is 8.62. The van der Waals surface area contributed by atoms with Crippen LogP contribution in [-0.4, -0.2) is 37.1 Å². The lowest BCUT2D eigenvalue weighted by Crippen LogP contribution is -2.15. The quantitative estimate of drug-likeness (QED) is 0.623. The second-order valence-electron chi connectivity index (χ2n) is 5.49. The molecule has 0 radical (unpaired) electrons. The molecule has 0 saturated heterocycles. The van der Waals surface area contributed by atoms with Crippen LogP contribution in [0.1, 0.15) is 16.3 Å². The highest BCUT2D eigenvalue weighted by atomic mass is 32.1. The van der Waals surface area contributed by atoms with Crippen LogP contribution in [0.25, 0.3) is 0 Å². The summed E-state index contributed by atoms with van der Waals surface area (Å²) in [6.07, 6.45) is 1.49. The molecule has 9 nitrogen and oxygen atoms in total. The Kier molecular flexibility index (Phi) is 5.64. The summed E-state index contributed by atoms with van der Waals surface area (Å²) < 4.78 is 6.38. The molecule has 0 bridgehead atoms. The van der Waals surface area contributed by atoms with Crippen LogP contribution >= 0.6 is 11.3 Å². The molecule has 1 amide bonds. The van der Waals surface area contributed by atoms with Crippen molar-refractivity contribution in [1.29, 1.82) is 0 Å². The van der Waals surface area contributed by atoms with E-state index in [1.807, 2.05) is 31.2 Å². The molecule has 0 unspecified atom stereocenters. The summed E-state index contributed by atoms with van der Waals surface area (Å²) in [6.45, 7) is 1.96. The molecular formula is C16H16N6O3S. The van der Waals surface area contributed by atoms with Crippen molar-refractivity contribution in [2.75, 3.05) is 5.32 Å². The summed E-state index contributed by atoms with van der Waals surface area (Å²) in [6, 6.07) is 7.57. The van der Waals surface area contributed by atoms with Gasteiger partial charge in [-0.05, 0) is 29.5 Å². The Morgan fingerprint density at radius 2 is 2.08 bits per heavy atom. The molecule has 0 aliphatic heterocycles. The second-order valence-corrected chi connectivity index (χ2v) is 6.43. The lowest BCUT2D eigenvalue weighted by atomic mass is 10.2. The molecule has 134 valence electrons. The molecule has 10 heteroatoms. The molecule has 0 fully saturated rings. The molecular weight excluding hydrogens is 356 g/mol. The van der Waals surface area contributed by atoms with Crippen LogP contribution < -0.4 is 5.32 Å². The Hall–Kier alpha value is -3.14. The van der Waals surface area contributed by atoms with E-state index in [9.17, 15) is 9.59 Å². The molecule has 0 aliphatic carbocycles. The van der Waals surface area contributed by atoms with Crippen molar-refractivity contribution < 1.29 is 14.3 Å². The molecule has 2 heterocycles. The molecule has 0 atom stereocenters. The number of carbonyl (C=O) groups is 2. The number of esters is 1. The lowest BCUT2D eigenvalue weighted by molar-refractivity contribution is -0.146. The summed E-state index contributed by atoms with van der Waals surface area (Å²) in [7, 11) is 0. The first-order chi connectivity index (χ1) is 12.6. The molecule has 1 aromatic carbocycles. The number of hydrogen-bond acceptors (Lipinski definition) is 8. The first-order valence-electron chi connectivity index (χ1n) is 7.74. The van der Waals surface area contributed by atoms with Gasteiger partial charge >= 0.3 is 5.97 Å². The second kappa shape index (κ2) is 8.30. The minimum absolute atomic E-state index is 0.0387. The number of carbonyl (C=O) groups excluding carboxylic acids is 2. The van der Waals surface area contributed by atoms with Crippen LogP contribution in [0.2, 0.25) is 0 Å². The van der Waals surface area contributed by atoms with E-state index in [4.69, 9.17) is 4.74 Å². The van der Waals surface area contributed by atoms with Gasteiger partial charge in [0.1, 0.15) is 24.5 Å². The third-order valence-electron chi connectivity index (χ3n) is 3.31. The molecule has 1 N–H and O–H groups in total. The number of nitrogens with zero attached hydrogens (tertiary/aromatic N) is 5. The minimum atomic E-state index is -0.469. The molecule has 3 rings (SSSR count). The van der Waals surface area contributed by atoms with E-state index in [1.54, 1.807) is 5.38 Å². The number of rotatable bonds is 7. The van der Waals surface area contributed by atoms with Crippen molar-refractivity contribution in [3.63, 3.8) is 0 Å². The molecule has 2 aromatic heterocycles. The van der Waals surface area contributed by atoms with E-state index < -0.39 is 5.97 Å². The van der Waals surface area contributed by atoms with Gasteiger partial charge in [0.05, 0.1) is 12.1 Å². The van der Waals surface area contributed by atoms with Crippen LogP contribution in [0.15, 0.2) is 36.0 Å². The van der Waals surface area contributed by atoms with Gasteiger partial charge in [-0.15, -0.1) is 16.4 Å². The average molecular weight is 372 g/mol. The summed E-state index contributed by atoms with van der Waals surface area (Å²) in [5.41, 5.74) is 2.47. The zero-order chi connectivity index (χ0) is 18.4. The smallest absolute Gasteiger partial charge is 0.328 e. The maximum atomic E-state index is 12.1. The molecule has 0 saturated carbocycles. The van der Waals surface area contributed by atoms with E-state index in [-0.39, 0.29) is 25.5 Å². The number of amides is 1. The standard InChI is InChI=1S/C16H16N6O3S/c1-11-2-4-12(5-3-11)18-14(23)6-15-19-13(9-26-15)8-25-16(24)7-22-10-17-20-21-22/h2-5,9-10H,6-8H2,1H3,(H,18,23). The maximum Gasteiger partial charge on any atom is 0.328 e. The van der Waals surface area contributed by atoms with E-state index in [1.165, 1.54) is 22.3 Å². The number of nitrogens with one attached hydrogen (secondary N) is 1. The fourth-order valence-electron chi connectivity index (χ4n) is 2.06. The van der Waals surface area contributed by atoms with E-state index in [2.05, 4.69) is 25.8 Å². The van der Waals surface area contributed by atoms with Crippen LogP contribution in [0.4, 0.5) is 5.69 Å². The van der Waals surface area contributed by atoms with Crippen molar-refractivity contribution in [3.8, 4) is 0 Å². The third-order valence-corrected chi connectivity index (χ3v) is 4.21. The predicted octanol–water partition coefficient (Wildman–Crippen LogP) is 1.36. The zero-order valence-electron chi connectivity index (χ0n) is 14.0. The van der Waals surface area contributed by atoms with Gasteiger partial charge in [0.15, 0.2) is 0 Å². The Morgan fingerprint density at radius 1 is 1.27 bits per heavy atom. The predicted molar refractivity (Wildman–Crippen MR) is 93.2 cm³/mol. The van der Waals surface area contributed by atoms with E-state index in [0.29, 0.717) is 10.7 Å². The van der Waals surface area contributed by atoms with Gasteiger partial charge in [-0.1, -0.05) is 17.7 Å². The van der Waals surface area contributed by atoms with Gasteiger partial charge in [0.25, 0.3) is 0 Å². The number of thiazole rings is 1. The fourth-order valence-corrected chi connectivity index (χ4v) is 2.84. The van der Waals surface area contributed by atoms with Crippen LogP contribution in [0, 0.1) is 6.92 Å². The Labute approximate surface area is 153 Å². The van der Waals surface area contributed by atoms with Crippen molar-refractivity contribution in [2.24, 2.45) is 0 Å². The molecule has 3 aromatic rings. The number of benzene rings is 1. The number of ether oxygens (including phenoxy) is 1. The molecule has 0 spiro atoms. The number of anilines is 1. The van der Waals surface area contributed by atoms with Crippen molar-refractivity contribution in [1.82, 2.24) is 25.2 Å². The zero-order valence-corrected chi connectivity index (χ0v) is 14.8. The average Bonchev–Trinajstić information content (AvgIpc) is 3.27. The minimum Gasteiger partial charge on any atom is -0.458 e. The fraction of sp³-hybridized carbons (Fsp3) is 0.250. The highest BCUT2D eigenvalue weighted by molar-refractivity contribution is 7.09. The molecule has 0 aliphatic rings. The molecule has 26 heavy (non-hydrogen) atoms. The van der Waals surface area contributed by atoms with Crippen molar-refractivity contribution >= 4 is 28.9 Å². The normalized spacial score (nSPS) is 10.5. The SMILES string of the molecule is Cc1ccc(NC(=O)Cc2nc(COC(=O)Cn3cnnn3)cs2)cc1. The highest BCUT2D eigenvalue weighted by Crippen LogP contribution is 2.14. The first kappa shape index (κ1) is 17.7. The van der Waals surface area contributed by atoms with Crippen LogP contribution in [-0.2, 0) is 33.9 Å². The highest BCUT2D eigenvalue weighted by Gasteiger charge is 2.11. The van der Waals surface area contributed by atoms with Gasteiger partial charge in [-0.25, -0.2) is 9.67 Å². The Morgan fingerprint density at radius 3 is 2.81 bits per heavy atom. The number of aryl methyl sites for hydroxylation is 1. The van der Waals surface area contributed by atoms with Gasteiger partial charge < -0.3 is 10.1 Å². The van der Waals surface area contributed by atoms with Gasteiger partial charge in [0, 0.05) is 11.1 Å². The summed E-state index contributed by atoms with van der Waals surface area (Å²) in [5.74, 6) is -0.616. The van der Waals surface area contributed by atoms with E-state index in [0.717, 1.165) is 11.3 Å². The maximum absolute atomic E-state index is 12.1. The monoisotopic (exact) mass is 372 g/mol. The number of hydrogen-bond donors (Lipinski definition) is 1. The largest absolute Gasteiger partial charge is 0.458 e. The lowest BCUT2D eigenvalue weighted by Gasteiger charge is -2.04. The topological polar surface area (TPSA) is 112 Å². The van der Waals surface area contributed by atoms with Crippen LogP contribution in [0.3, 0.4) is 0 Å². The van der Waals surface area contributed by atoms with Crippen molar-refractivity contribution in [3.05, 3.63) is 52.2 Å². The third kappa shape index (κ3) is 5.18. The summed E-state index contributed by atoms with van der Waals surface area (Å²) >= 11 is 1.35. The Bertz CT molecular complexity index is 876.